The molecule has 0 spiro atoms. The Labute approximate surface area is 95.8 Å². The summed E-state index contributed by atoms with van der Waals surface area (Å²) in [5, 5.41) is 1.21. The molecule has 3 nitrogen and oxygen atoms in total. The third kappa shape index (κ3) is 2.26. The van der Waals surface area contributed by atoms with Crippen LogP contribution in [0.1, 0.15) is 12.5 Å². The Balaban J connectivity index is 2.20. The molecule has 1 aromatic carbocycles. The van der Waals surface area contributed by atoms with Crippen molar-refractivity contribution in [3.05, 3.63) is 36.1 Å². The molecule has 1 aromatic heterocycles. The van der Waals surface area contributed by atoms with E-state index >= 15 is 0 Å². The molecule has 0 atom stereocenters. The summed E-state index contributed by atoms with van der Waals surface area (Å²) >= 11 is 0. The zero-order valence-electron chi connectivity index (χ0n) is 9.65. The van der Waals surface area contributed by atoms with Crippen molar-refractivity contribution >= 4 is 11.0 Å². The number of hydrogen-bond acceptors (Lipinski definition) is 3. The van der Waals surface area contributed by atoms with E-state index in [0.717, 1.165) is 25.2 Å². The normalized spacial score (nSPS) is 11.4. The molecule has 0 bridgehead atoms. The fraction of sp³-hybridized carbons (Fsp3) is 0.385. The molecule has 16 heavy (non-hydrogen) atoms. The Bertz CT molecular complexity index is 450. The molecule has 3 heteroatoms. The Kier molecular flexibility index (Phi) is 3.59. The molecular formula is C13H18N2O. The molecule has 2 N–H and O–H groups in total. The predicted molar refractivity (Wildman–Crippen MR) is 66.2 cm³/mol. The van der Waals surface area contributed by atoms with Gasteiger partial charge in [0.25, 0.3) is 0 Å². The number of para-hydroxylation sites is 1. The first-order valence-corrected chi connectivity index (χ1v) is 5.72. The quantitative estimate of drug-likeness (QED) is 0.836. The summed E-state index contributed by atoms with van der Waals surface area (Å²) in [6, 6.07) is 8.14. The van der Waals surface area contributed by atoms with Gasteiger partial charge in [-0.05, 0) is 12.6 Å². The zero-order valence-corrected chi connectivity index (χ0v) is 9.65. The van der Waals surface area contributed by atoms with E-state index in [1.807, 2.05) is 24.5 Å². The van der Waals surface area contributed by atoms with Crippen molar-refractivity contribution in [1.29, 1.82) is 0 Å². The highest BCUT2D eigenvalue weighted by Gasteiger charge is 2.08. The van der Waals surface area contributed by atoms with E-state index in [1.54, 1.807) is 0 Å². The second kappa shape index (κ2) is 5.14. The monoisotopic (exact) mass is 218 g/mol. The van der Waals surface area contributed by atoms with Crippen molar-refractivity contribution in [2.75, 3.05) is 19.6 Å². The highest BCUT2D eigenvalue weighted by atomic mass is 16.3. The molecule has 86 valence electrons. The number of furan rings is 1. The van der Waals surface area contributed by atoms with Crippen LogP contribution in [-0.4, -0.2) is 24.5 Å². The van der Waals surface area contributed by atoms with E-state index in [4.69, 9.17) is 10.2 Å². The minimum Gasteiger partial charge on any atom is -0.464 e. The SMILES string of the molecule is CCN(CCN)Cc1coc2ccccc12. The lowest BCUT2D eigenvalue weighted by Gasteiger charge is -2.18. The lowest BCUT2D eigenvalue weighted by atomic mass is 10.1. The van der Waals surface area contributed by atoms with Crippen LogP contribution in [0.5, 0.6) is 0 Å². The summed E-state index contributed by atoms with van der Waals surface area (Å²) in [7, 11) is 0. The van der Waals surface area contributed by atoms with Crippen LogP contribution in [0, 0.1) is 0 Å². The van der Waals surface area contributed by atoms with Gasteiger partial charge in [0.1, 0.15) is 5.58 Å². The number of benzene rings is 1. The fourth-order valence-electron chi connectivity index (χ4n) is 1.93. The lowest BCUT2D eigenvalue weighted by Crippen LogP contribution is -2.28. The molecule has 0 fully saturated rings. The predicted octanol–water partition coefficient (Wildman–Crippen LogP) is 2.21. The molecule has 0 radical (unpaired) electrons. The van der Waals surface area contributed by atoms with E-state index in [9.17, 15) is 0 Å². The van der Waals surface area contributed by atoms with Crippen LogP contribution in [0.3, 0.4) is 0 Å². The number of nitrogens with zero attached hydrogens (tertiary/aromatic N) is 1. The summed E-state index contributed by atoms with van der Waals surface area (Å²) in [6.07, 6.45) is 1.85. The summed E-state index contributed by atoms with van der Waals surface area (Å²) in [4.78, 5) is 2.32. The van der Waals surface area contributed by atoms with Gasteiger partial charge in [0.05, 0.1) is 6.26 Å². The number of fused-ring (bicyclic) bond motifs is 1. The minimum atomic E-state index is 0.698. The van der Waals surface area contributed by atoms with Crippen LogP contribution < -0.4 is 5.73 Å². The zero-order chi connectivity index (χ0) is 11.4. The molecule has 0 aliphatic rings. The van der Waals surface area contributed by atoms with Gasteiger partial charge in [0.15, 0.2) is 0 Å². The highest BCUT2D eigenvalue weighted by Crippen LogP contribution is 2.21. The summed E-state index contributed by atoms with van der Waals surface area (Å²) in [6.45, 7) is 5.69. The highest BCUT2D eigenvalue weighted by molar-refractivity contribution is 5.80. The Morgan fingerprint density at radius 1 is 1.31 bits per heavy atom. The van der Waals surface area contributed by atoms with Gasteiger partial charge in [0, 0.05) is 30.6 Å². The molecule has 2 aromatic rings. The third-order valence-electron chi connectivity index (χ3n) is 2.85. The minimum absolute atomic E-state index is 0.698. The van der Waals surface area contributed by atoms with Crippen LogP contribution in [0.4, 0.5) is 0 Å². The van der Waals surface area contributed by atoms with Crippen LogP contribution >= 0.6 is 0 Å². The topological polar surface area (TPSA) is 42.4 Å². The maximum absolute atomic E-state index is 5.58. The van der Waals surface area contributed by atoms with Gasteiger partial charge in [-0.25, -0.2) is 0 Å². The average Bonchev–Trinajstić information content (AvgIpc) is 2.72. The van der Waals surface area contributed by atoms with Crippen molar-refractivity contribution in [1.82, 2.24) is 4.90 Å². The van der Waals surface area contributed by atoms with E-state index in [1.165, 1.54) is 10.9 Å². The molecule has 0 amide bonds. The van der Waals surface area contributed by atoms with Crippen molar-refractivity contribution < 1.29 is 4.42 Å². The number of hydrogen-bond donors (Lipinski definition) is 1. The molecule has 0 aliphatic carbocycles. The van der Waals surface area contributed by atoms with Gasteiger partial charge in [-0.15, -0.1) is 0 Å². The number of likely N-dealkylation sites (N-methyl/N-ethyl adjacent to an activating group) is 1. The van der Waals surface area contributed by atoms with Gasteiger partial charge in [0.2, 0.25) is 0 Å². The first-order valence-electron chi connectivity index (χ1n) is 5.72. The van der Waals surface area contributed by atoms with Crippen molar-refractivity contribution in [2.45, 2.75) is 13.5 Å². The standard InChI is InChI=1S/C13H18N2O/c1-2-15(8-7-14)9-11-10-16-13-6-4-3-5-12(11)13/h3-6,10H,2,7-9,14H2,1H3. The number of rotatable bonds is 5. The van der Waals surface area contributed by atoms with Gasteiger partial charge in [-0.3, -0.25) is 4.90 Å². The Morgan fingerprint density at radius 2 is 2.12 bits per heavy atom. The van der Waals surface area contributed by atoms with Crippen LogP contribution in [0.15, 0.2) is 34.9 Å². The molecule has 0 aliphatic heterocycles. The first-order chi connectivity index (χ1) is 7.85. The fourth-order valence-corrected chi connectivity index (χ4v) is 1.93. The van der Waals surface area contributed by atoms with Gasteiger partial charge < -0.3 is 10.2 Å². The van der Waals surface area contributed by atoms with E-state index < -0.39 is 0 Å². The van der Waals surface area contributed by atoms with Crippen LogP contribution in [0.25, 0.3) is 11.0 Å². The molecule has 1 heterocycles. The largest absolute Gasteiger partial charge is 0.464 e. The maximum Gasteiger partial charge on any atom is 0.134 e. The summed E-state index contributed by atoms with van der Waals surface area (Å²) in [5.74, 6) is 0. The Hall–Kier alpha value is -1.32. The van der Waals surface area contributed by atoms with Crippen molar-refractivity contribution in [3.8, 4) is 0 Å². The average molecular weight is 218 g/mol. The van der Waals surface area contributed by atoms with Gasteiger partial charge in [-0.2, -0.15) is 0 Å². The van der Waals surface area contributed by atoms with E-state index in [0.29, 0.717) is 6.54 Å². The molecule has 0 saturated carbocycles. The second-order valence-electron chi connectivity index (χ2n) is 3.91. The molecule has 0 unspecified atom stereocenters. The van der Waals surface area contributed by atoms with Crippen LogP contribution in [-0.2, 0) is 6.54 Å². The smallest absolute Gasteiger partial charge is 0.134 e. The summed E-state index contributed by atoms with van der Waals surface area (Å²) < 4.78 is 5.51. The van der Waals surface area contributed by atoms with E-state index in [2.05, 4.69) is 17.9 Å². The van der Waals surface area contributed by atoms with Crippen LogP contribution in [0.2, 0.25) is 0 Å². The Morgan fingerprint density at radius 3 is 2.88 bits per heavy atom. The molecule has 0 saturated heterocycles. The van der Waals surface area contributed by atoms with E-state index in [-0.39, 0.29) is 0 Å². The lowest BCUT2D eigenvalue weighted by molar-refractivity contribution is 0.288. The third-order valence-corrected chi connectivity index (χ3v) is 2.85. The summed E-state index contributed by atoms with van der Waals surface area (Å²) in [5.41, 5.74) is 7.78. The van der Waals surface area contributed by atoms with Crippen molar-refractivity contribution in [2.24, 2.45) is 5.73 Å². The molecular weight excluding hydrogens is 200 g/mol. The van der Waals surface area contributed by atoms with Gasteiger partial charge in [-0.1, -0.05) is 25.1 Å². The second-order valence-corrected chi connectivity index (χ2v) is 3.91. The number of nitrogens with two attached hydrogens (primary N) is 1. The maximum atomic E-state index is 5.58. The van der Waals surface area contributed by atoms with Crippen molar-refractivity contribution in [3.63, 3.8) is 0 Å². The first kappa shape index (κ1) is 11.2. The molecule has 2 rings (SSSR count). The van der Waals surface area contributed by atoms with Gasteiger partial charge >= 0.3 is 0 Å².